The van der Waals surface area contributed by atoms with Crippen LogP contribution in [0.25, 0.3) is 0 Å². The fraction of sp³-hybridized carbons (Fsp3) is 0.714. The molecule has 4 nitrogen and oxygen atoms in total. The molecule has 3 rings (SSSR count). The molecule has 1 fully saturated rings. The number of carbonyl (C=O) groups excluding carboxylic acids is 1. The third-order valence-corrected chi connectivity index (χ3v) is 5.35. The second-order valence-corrected chi connectivity index (χ2v) is 7.37. The number of fused-ring (bicyclic) bond motifs is 1. The molecule has 2 heterocycles. The summed E-state index contributed by atoms with van der Waals surface area (Å²) in [6.45, 7) is 6.06. The second-order valence-electron chi connectivity index (χ2n) is 5.55. The Bertz CT molecular complexity index is 473. The summed E-state index contributed by atoms with van der Waals surface area (Å²) in [5, 5.41) is 0.823. The number of alkyl halides is 1. The van der Waals surface area contributed by atoms with E-state index in [0.717, 1.165) is 39.1 Å². The first kappa shape index (κ1) is 14.3. The molecule has 0 N–H and O–H groups in total. The van der Waals surface area contributed by atoms with E-state index in [9.17, 15) is 4.79 Å². The largest absolute Gasteiger partial charge is 0.339 e. The van der Waals surface area contributed by atoms with E-state index in [-0.39, 0.29) is 5.91 Å². The quantitative estimate of drug-likeness (QED) is 0.800. The average molecular weight is 314 g/mol. The van der Waals surface area contributed by atoms with Gasteiger partial charge in [0.1, 0.15) is 10.4 Å². The van der Waals surface area contributed by atoms with Gasteiger partial charge in [0, 0.05) is 31.1 Å². The zero-order valence-electron chi connectivity index (χ0n) is 11.8. The van der Waals surface area contributed by atoms with Crippen molar-refractivity contribution in [3.8, 4) is 0 Å². The number of amides is 1. The molecule has 1 aliphatic carbocycles. The van der Waals surface area contributed by atoms with Crippen molar-refractivity contribution in [3.05, 3.63) is 15.6 Å². The molecule has 6 heteroatoms. The summed E-state index contributed by atoms with van der Waals surface area (Å²) in [6, 6.07) is 0. The van der Waals surface area contributed by atoms with Gasteiger partial charge < -0.3 is 4.90 Å². The number of nitrogens with zero attached hydrogens (tertiary/aromatic N) is 3. The molecule has 1 aromatic rings. The van der Waals surface area contributed by atoms with E-state index in [1.807, 2.05) is 16.2 Å². The van der Waals surface area contributed by atoms with Gasteiger partial charge >= 0.3 is 0 Å². The Kier molecular flexibility index (Phi) is 4.29. The van der Waals surface area contributed by atoms with E-state index in [4.69, 9.17) is 16.6 Å². The number of piperazine rings is 1. The Labute approximate surface area is 128 Å². The maximum absolute atomic E-state index is 11.8. The van der Waals surface area contributed by atoms with Gasteiger partial charge in [-0.3, -0.25) is 9.69 Å². The van der Waals surface area contributed by atoms with E-state index in [1.54, 1.807) is 6.92 Å². The second kappa shape index (κ2) is 6.00. The average Bonchev–Trinajstić information content (AvgIpc) is 2.99. The molecule has 0 bridgehead atoms. The van der Waals surface area contributed by atoms with E-state index in [2.05, 4.69) is 4.90 Å². The first-order valence-corrected chi connectivity index (χ1v) is 8.51. The Morgan fingerprint density at radius 1 is 1.35 bits per heavy atom. The first-order chi connectivity index (χ1) is 9.63. The van der Waals surface area contributed by atoms with Crippen molar-refractivity contribution < 1.29 is 4.79 Å². The molecule has 1 aromatic heterocycles. The molecule has 0 saturated carbocycles. The minimum absolute atomic E-state index is 0.0551. The van der Waals surface area contributed by atoms with Crippen molar-refractivity contribution in [2.24, 2.45) is 0 Å². The van der Waals surface area contributed by atoms with Crippen molar-refractivity contribution in [1.82, 2.24) is 14.8 Å². The predicted molar refractivity (Wildman–Crippen MR) is 81.3 cm³/mol. The molecule has 1 atom stereocenters. The van der Waals surface area contributed by atoms with E-state index in [0.29, 0.717) is 0 Å². The standard InChI is InChI=1S/C14H20ClN3OS/c1-10(15)14(19)18-7-5-17(6-8-18)9-13-16-11-3-2-4-12(11)20-13/h10H,2-9H2,1H3. The third-order valence-electron chi connectivity index (χ3n) is 4.02. The number of hydrogen-bond donors (Lipinski definition) is 0. The summed E-state index contributed by atoms with van der Waals surface area (Å²) in [7, 11) is 0. The molecule has 0 aromatic carbocycles. The minimum atomic E-state index is -0.413. The molecule has 0 spiro atoms. The molecule has 2 aliphatic rings. The van der Waals surface area contributed by atoms with E-state index in [1.165, 1.54) is 28.4 Å². The van der Waals surface area contributed by atoms with Crippen molar-refractivity contribution >= 4 is 28.8 Å². The van der Waals surface area contributed by atoms with Gasteiger partial charge in [0.25, 0.3) is 0 Å². The van der Waals surface area contributed by atoms with Crippen molar-refractivity contribution in [2.75, 3.05) is 26.2 Å². The highest BCUT2D eigenvalue weighted by molar-refractivity contribution is 7.11. The van der Waals surface area contributed by atoms with Crippen LogP contribution in [0.3, 0.4) is 0 Å². The highest BCUT2D eigenvalue weighted by Crippen LogP contribution is 2.28. The zero-order chi connectivity index (χ0) is 14.1. The summed E-state index contributed by atoms with van der Waals surface area (Å²) in [5.41, 5.74) is 1.33. The van der Waals surface area contributed by atoms with Crippen LogP contribution in [0.2, 0.25) is 0 Å². The Morgan fingerprint density at radius 3 is 2.75 bits per heavy atom. The Hall–Kier alpha value is -0.650. The van der Waals surface area contributed by atoms with Crippen LogP contribution in [-0.4, -0.2) is 52.2 Å². The lowest BCUT2D eigenvalue weighted by Crippen LogP contribution is -2.49. The maximum Gasteiger partial charge on any atom is 0.240 e. The van der Waals surface area contributed by atoms with Gasteiger partial charge in [0.05, 0.1) is 12.2 Å². The normalized spacial score (nSPS) is 21.0. The number of halogens is 1. The number of rotatable bonds is 3. The minimum Gasteiger partial charge on any atom is -0.339 e. The fourth-order valence-corrected chi connectivity index (χ4v) is 4.22. The Balaban J connectivity index is 1.52. The maximum atomic E-state index is 11.8. The summed E-state index contributed by atoms with van der Waals surface area (Å²) in [5.74, 6) is 0.0551. The molecule has 1 unspecified atom stereocenters. The van der Waals surface area contributed by atoms with E-state index >= 15 is 0 Å². The topological polar surface area (TPSA) is 36.4 Å². The zero-order valence-corrected chi connectivity index (χ0v) is 13.3. The van der Waals surface area contributed by atoms with Gasteiger partial charge in [0.2, 0.25) is 5.91 Å². The number of aryl methyl sites for hydroxylation is 2. The van der Waals surface area contributed by atoms with Crippen LogP contribution in [0, 0.1) is 0 Å². The number of carbonyl (C=O) groups is 1. The van der Waals surface area contributed by atoms with Crippen LogP contribution in [0.15, 0.2) is 0 Å². The van der Waals surface area contributed by atoms with Crippen LogP contribution in [-0.2, 0) is 24.2 Å². The van der Waals surface area contributed by atoms with Gasteiger partial charge in [-0.25, -0.2) is 4.98 Å². The van der Waals surface area contributed by atoms with Gasteiger partial charge in [-0.1, -0.05) is 0 Å². The first-order valence-electron chi connectivity index (χ1n) is 7.26. The van der Waals surface area contributed by atoms with Gasteiger partial charge in [-0.2, -0.15) is 0 Å². The van der Waals surface area contributed by atoms with Crippen LogP contribution in [0.4, 0.5) is 0 Å². The van der Waals surface area contributed by atoms with Crippen molar-refractivity contribution in [2.45, 2.75) is 38.1 Å². The monoisotopic (exact) mass is 313 g/mol. The van der Waals surface area contributed by atoms with E-state index < -0.39 is 5.38 Å². The van der Waals surface area contributed by atoms with Gasteiger partial charge in [-0.05, 0) is 26.2 Å². The highest BCUT2D eigenvalue weighted by Gasteiger charge is 2.25. The van der Waals surface area contributed by atoms with Crippen LogP contribution in [0.5, 0.6) is 0 Å². The molecule has 1 aliphatic heterocycles. The SMILES string of the molecule is CC(Cl)C(=O)N1CCN(Cc2nc3c(s2)CCC3)CC1. The van der Waals surface area contributed by atoms with Crippen LogP contribution >= 0.6 is 22.9 Å². The lowest BCUT2D eigenvalue weighted by molar-refractivity contribution is -0.132. The summed E-state index contributed by atoms with van der Waals surface area (Å²) in [6.07, 6.45) is 3.64. The molecule has 1 saturated heterocycles. The number of aromatic nitrogens is 1. The molecule has 110 valence electrons. The lowest BCUT2D eigenvalue weighted by Gasteiger charge is -2.34. The van der Waals surface area contributed by atoms with Gasteiger partial charge in [0.15, 0.2) is 0 Å². The Morgan fingerprint density at radius 2 is 2.10 bits per heavy atom. The molecular weight excluding hydrogens is 294 g/mol. The van der Waals surface area contributed by atoms with Crippen molar-refractivity contribution in [3.63, 3.8) is 0 Å². The number of thiazole rings is 1. The predicted octanol–water partition coefficient (Wildman–Crippen LogP) is 1.90. The van der Waals surface area contributed by atoms with Crippen molar-refractivity contribution in [1.29, 1.82) is 0 Å². The number of hydrogen-bond acceptors (Lipinski definition) is 4. The summed E-state index contributed by atoms with van der Waals surface area (Å²) in [4.78, 5) is 22.3. The lowest BCUT2D eigenvalue weighted by atomic mass is 10.3. The highest BCUT2D eigenvalue weighted by atomic mass is 35.5. The van der Waals surface area contributed by atoms with Crippen LogP contribution in [0.1, 0.15) is 28.9 Å². The molecule has 0 radical (unpaired) electrons. The summed E-state index contributed by atoms with van der Waals surface area (Å²) < 4.78 is 0. The third kappa shape index (κ3) is 3.00. The molecule has 1 amide bonds. The van der Waals surface area contributed by atoms with Crippen LogP contribution < -0.4 is 0 Å². The fourth-order valence-electron chi connectivity index (χ4n) is 2.88. The summed E-state index contributed by atoms with van der Waals surface area (Å²) >= 11 is 7.73. The van der Waals surface area contributed by atoms with Gasteiger partial charge in [-0.15, -0.1) is 22.9 Å². The molecule has 20 heavy (non-hydrogen) atoms. The molecular formula is C14H20ClN3OS. The smallest absolute Gasteiger partial charge is 0.240 e.